The largest absolute Gasteiger partial charge is 0.472 e. The van der Waals surface area contributed by atoms with Gasteiger partial charge >= 0.3 is 0 Å². The monoisotopic (exact) mass is 433 g/mol. The van der Waals surface area contributed by atoms with Crippen LogP contribution in [0, 0.1) is 5.82 Å². The van der Waals surface area contributed by atoms with Crippen LogP contribution in [0.1, 0.15) is 12.8 Å². The molecule has 11 nitrogen and oxygen atoms in total. The van der Waals surface area contributed by atoms with Gasteiger partial charge in [-0.15, -0.1) is 0 Å². The molecule has 0 spiro atoms. The molecule has 1 aliphatic heterocycles. The fourth-order valence-corrected chi connectivity index (χ4v) is 3.47. The number of ether oxygens (including phenoxy) is 2. The molecule has 1 saturated heterocycles. The van der Waals surface area contributed by atoms with Crippen molar-refractivity contribution in [2.24, 2.45) is 0 Å². The Morgan fingerprint density at radius 1 is 1.32 bits per heavy atom. The topological polar surface area (TPSA) is 140 Å². The summed E-state index contributed by atoms with van der Waals surface area (Å²) in [5.41, 5.74) is 5.92. The second kappa shape index (κ2) is 8.94. The molecule has 166 valence electrons. The number of nitrogens with zero attached hydrogens (tertiary/aromatic N) is 6. The smallest absolute Gasteiger partial charge is 0.256 e. The zero-order valence-electron chi connectivity index (χ0n) is 17.1. The molecule has 1 saturated carbocycles. The van der Waals surface area contributed by atoms with Crippen molar-refractivity contribution in [2.45, 2.75) is 25.0 Å². The van der Waals surface area contributed by atoms with Gasteiger partial charge in [-0.2, -0.15) is 9.37 Å². The van der Waals surface area contributed by atoms with E-state index in [4.69, 9.17) is 20.3 Å². The number of nitrogen functional groups attached to an aromatic ring is 1. The number of halogens is 1. The normalized spacial score (nSPS) is 20.8. The van der Waals surface area contributed by atoms with Crippen LogP contribution in [-0.4, -0.2) is 88.0 Å². The first-order chi connectivity index (χ1) is 15.0. The van der Waals surface area contributed by atoms with Crippen molar-refractivity contribution >= 4 is 17.8 Å². The molecule has 0 aromatic carbocycles. The van der Waals surface area contributed by atoms with E-state index in [1.165, 1.54) is 17.3 Å². The number of morpholine rings is 1. The Labute approximate surface area is 178 Å². The summed E-state index contributed by atoms with van der Waals surface area (Å²) in [4.78, 5) is 31.5. The second-order valence-electron chi connectivity index (χ2n) is 7.45. The van der Waals surface area contributed by atoms with Gasteiger partial charge in [-0.25, -0.2) is 15.0 Å². The van der Waals surface area contributed by atoms with Crippen molar-refractivity contribution in [3.8, 4) is 17.1 Å². The number of hydrogen-bond donors (Lipinski definition) is 2. The molecule has 0 atom stereocenters. The summed E-state index contributed by atoms with van der Waals surface area (Å²) in [6, 6.07) is -0.0711. The predicted octanol–water partition coefficient (Wildman–Crippen LogP) is -0.148. The van der Waals surface area contributed by atoms with Crippen molar-refractivity contribution in [1.29, 1.82) is 0 Å². The van der Waals surface area contributed by atoms with E-state index in [1.54, 1.807) is 7.05 Å². The number of nitrogens with two attached hydrogens (primary N) is 1. The van der Waals surface area contributed by atoms with E-state index < -0.39 is 12.4 Å². The maximum Gasteiger partial charge on any atom is 0.256 e. The molecule has 0 radical (unpaired) electrons. The molecular weight excluding hydrogens is 409 g/mol. The van der Waals surface area contributed by atoms with Gasteiger partial charge in [0.25, 0.3) is 5.88 Å². The molecule has 31 heavy (non-hydrogen) atoms. The molecule has 1 aliphatic carbocycles. The van der Waals surface area contributed by atoms with Gasteiger partial charge < -0.3 is 30.1 Å². The number of hydrogen-bond acceptors (Lipinski definition) is 10. The van der Waals surface area contributed by atoms with Crippen LogP contribution >= 0.6 is 0 Å². The minimum absolute atomic E-state index is 0.0231. The van der Waals surface area contributed by atoms with Crippen LogP contribution in [0.25, 0.3) is 11.3 Å². The summed E-state index contributed by atoms with van der Waals surface area (Å²) in [7, 11) is 1.63. The number of likely N-dealkylation sites (N-methyl/N-ethyl adjacent to an activating group) is 1. The number of amides is 1. The summed E-state index contributed by atoms with van der Waals surface area (Å²) in [5.74, 6) is -0.839. The van der Waals surface area contributed by atoms with Crippen LogP contribution in [0.15, 0.2) is 12.4 Å². The highest BCUT2D eigenvalue weighted by Gasteiger charge is 2.37. The third-order valence-electron chi connectivity index (χ3n) is 5.47. The average Bonchev–Trinajstić information content (AvgIpc) is 2.77. The van der Waals surface area contributed by atoms with Gasteiger partial charge in [0.1, 0.15) is 18.4 Å². The second-order valence-corrected chi connectivity index (χ2v) is 7.45. The highest BCUT2D eigenvalue weighted by atomic mass is 19.1. The zero-order valence-corrected chi connectivity index (χ0v) is 17.1. The number of carbonyl (C=O) groups excluding carboxylic acids is 1. The SMILES string of the molecule is CN(C(=O)CO)C1CC(Oc2nc(N3CCOCC3)nc(-c3cnc(N)nc3)c2F)C1. The zero-order chi connectivity index (χ0) is 22.0. The Bertz CT molecular complexity index is 934. The first-order valence-electron chi connectivity index (χ1n) is 9.97. The van der Waals surface area contributed by atoms with Crippen LogP contribution in [0.3, 0.4) is 0 Å². The third-order valence-corrected chi connectivity index (χ3v) is 5.47. The van der Waals surface area contributed by atoms with E-state index in [-0.39, 0.29) is 35.6 Å². The highest BCUT2D eigenvalue weighted by Crippen LogP contribution is 2.33. The van der Waals surface area contributed by atoms with Crippen LogP contribution in [0.2, 0.25) is 0 Å². The Kier molecular flexibility index (Phi) is 6.09. The van der Waals surface area contributed by atoms with Gasteiger partial charge in [0, 0.05) is 57.0 Å². The summed E-state index contributed by atoms with van der Waals surface area (Å²) >= 11 is 0. The molecule has 1 amide bonds. The number of anilines is 2. The molecular formula is C19H24FN7O4. The molecule has 3 heterocycles. The minimum atomic E-state index is -0.714. The summed E-state index contributed by atoms with van der Waals surface area (Å²) in [6.07, 6.45) is 3.51. The van der Waals surface area contributed by atoms with Gasteiger partial charge in [0.15, 0.2) is 0 Å². The van der Waals surface area contributed by atoms with Crippen LogP contribution < -0.4 is 15.4 Å². The molecule has 2 aromatic rings. The number of rotatable bonds is 6. The minimum Gasteiger partial charge on any atom is -0.472 e. The fraction of sp³-hybridized carbons (Fsp3) is 0.526. The van der Waals surface area contributed by atoms with E-state index in [0.717, 1.165) is 0 Å². The lowest BCUT2D eigenvalue weighted by atomic mass is 9.88. The summed E-state index contributed by atoms with van der Waals surface area (Å²) in [6.45, 7) is 1.64. The van der Waals surface area contributed by atoms with Crippen LogP contribution in [-0.2, 0) is 9.53 Å². The predicted molar refractivity (Wildman–Crippen MR) is 108 cm³/mol. The lowest BCUT2D eigenvalue weighted by molar-refractivity contribution is -0.138. The lowest BCUT2D eigenvalue weighted by Gasteiger charge is -2.40. The molecule has 2 aromatic heterocycles. The first-order valence-corrected chi connectivity index (χ1v) is 9.97. The highest BCUT2D eigenvalue weighted by molar-refractivity contribution is 5.77. The van der Waals surface area contributed by atoms with E-state index in [2.05, 4.69) is 19.9 Å². The Hall–Kier alpha value is -3.12. The van der Waals surface area contributed by atoms with Gasteiger partial charge in [-0.1, -0.05) is 0 Å². The van der Waals surface area contributed by atoms with Gasteiger partial charge in [-0.3, -0.25) is 4.79 Å². The molecule has 0 unspecified atom stereocenters. The summed E-state index contributed by atoms with van der Waals surface area (Å²) in [5, 5.41) is 9.00. The Balaban J connectivity index is 1.58. The van der Waals surface area contributed by atoms with E-state index in [0.29, 0.717) is 50.7 Å². The number of aromatic nitrogens is 4. The molecule has 4 rings (SSSR count). The van der Waals surface area contributed by atoms with Crippen molar-refractivity contribution in [3.05, 3.63) is 18.2 Å². The fourth-order valence-electron chi connectivity index (χ4n) is 3.47. The molecule has 12 heteroatoms. The van der Waals surface area contributed by atoms with Crippen molar-refractivity contribution in [3.63, 3.8) is 0 Å². The van der Waals surface area contributed by atoms with Gasteiger partial charge in [-0.05, 0) is 0 Å². The van der Waals surface area contributed by atoms with Crippen molar-refractivity contribution < 1.29 is 23.8 Å². The van der Waals surface area contributed by atoms with Gasteiger partial charge in [0.2, 0.25) is 23.6 Å². The Morgan fingerprint density at radius 3 is 2.65 bits per heavy atom. The number of aliphatic hydroxyl groups excluding tert-OH is 1. The molecule has 2 fully saturated rings. The number of aliphatic hydroxyl groups is 1. The van der Waals surface area contributed by atoms with Crippen molar-refractivity contribution in [2.75, 3.05) is 50.6 Å². The van der Waals surface area contributed by atoms with Gasteiger partial charge in [0.05, 0.1) is 13.2 Å². The van der Waals surface area contributed by atoms with Crippen LogP contribution in [0.5, 0.6) is 5.88 Å². The molecule has 0 bridgehead atoms. The maximum atomic E-state index is 15.3. The van der Waals surface area contributed by atoms with E-state index >= 15 is 4.39 Å². The summed E-state index contributed by atoms with van der Waals surface area (Å²) < 4.78 is 26.5. The van der Waals surface area contributed by atoms with Crippen LogP contribution in [0.4, 0.5) is 16.3 Å². The Morgan fingerprint density at radius 2 is 2.00 bits per heavy atom. The molecule has 3 N–H and O–H groups in total. The van der Waals surface area contributed by atoms with Crippen molar-refractivity contribution in [1.82, 2.24) is 24.8 Å². The average molecular weight is 433 g/mol. The standard InChI is InChI=1S/C19H24FN7O4/c1-26(14(29)10-28)12-6-13(7-12)31-17-15(20)16(11-8-22-18(21)23-9-11)24-19(25-17)27-2-4-30-5-3-27/h8-9,12-13,28H,2-7,10H2,1H3,(H2,21,22,23). The number of carbonyl (C=O) groups is 1. The van der Waals surface area contributed by atoms with E-state index in [1.807, 2.05) is 4.90 Å². The quantitative estimate of drug-likeness (QED) is 0.632. The maximum absolute atomic E-state index is 15.3. The first kappa shape index (κ1) is 21.1. The lowest BCUT2D eigenvalue weighted by Crippen LogP contribution is -2.50. The molecule has 2 aliphatic rings. The van der Waals surface area contributed by atoms with E-state index in [9.17, 15) is 4.79 Å². The third kappa shape index (κ3) is 4.49.